The van der Waals surface area contributed by atoms with E-state index in [2.05, 4.69) is 5.32 Å². The summed E-state index contributed by atoms with van der Waals surface area (Å²) in [5.74, 6) is -2.81. The maximum absolute atomic E-state index is 12.3. The Kier molecular flexibility index (Phi) is 3.69. The van der Waals surface area contributed by atoms with Gasteiger partial charge in [-0.05, 0) is 17.7 Å². The van der Waals surface area contributed by atoms with E-state index in [9.17, 15) is 14.7 Å². The molecule has 1 aromatic carbocycles. The van der Waals surface area contributed by atoms with Gasteiger partial charge in [-0.1, -0.05) is 35.9 Å². The second kappa shape index (κ2) is 5.50. The van der Waals surface area contributed by atoms with E-state index in [-0.39, 0.29) is 5.91 Å². The van der Waals surface area contributed by atoms with Crippen molar-refractivity contribution in [2.75, 3.05) is 0 Å². The number of carboxylic acids is 1. The largest absolute Gasteiger partial charge is 0.481 e. The zero-order valence-corrected chi connectivity index (χ0v) is 11.8. The second-order valence-electron chi connectivity index (χ2n) is 5.19. The molecule has 4 atom stereocenters. The lowest BCUT2D eigenvalue weighted by atomic mass is 9.82. The van der Waals surface area contributed by atoms with E-state index in [4.69, 9.17) is 16.3 Å². The van der Waals surface area contributed by atoms with Crippen molar-refractivity contribution < 1.29 is 19.4 Å². The first-order chi connectivity index (χ1) is 10.1. The molecule has 0 spiro atoms. The molecule has 0 unspecified atom stereocenters. The lowest BCUT2D eigenvalue weighted by Crippen LogP contribution is -2.42. The Labute approximate surface area is 126 Å². The molecule has 1 fully saturated rings. The number of aliphatic carboxylic acids is 1. The van der Waals surface area contributed by atoms with Gasteiger partial charge in [0.15, 0.2) is 0 Å². The molecule has 2 N–H and O–H groups in total. The van der Waals surface area contributed by atoms with Crippen molar-refractivity contribution in [1.29, 1.82) is 0 Å². The highest BCUT2D eigenvalue weighted by molar-refractivity contribution is 6.30. The molecule has 21 heavy (non-hydrogen) atoms. The van der Waals surface area contributed by atoms with Crippen LogP contribution in [0.5, 0.6) is 0 Å². The van der Waals surface area contributed by atoms with E-state index in [0.29, 0.717) is 11.6 Å². The lowest BCUT2D eigenvalue weighted by Gasteiger charge is -2.21. The van der Waals surface area contributed by atoms with Gasteiger partial charge < -0.3 is 15.2 Å². The van der Waals surface area contributed by atoms with Gasteiger partial charge in [0, 0.05) is 11.6 Å². The molecule has 2 aliphatic rings. The number of ether oxygens (including phenoxy) is 1. The van der Waals surface area contributed by atoms with Crippen LogP contribution in [-0.2, 0) is 20.9 Å². The van der Waals surface area contributed by atoms with E-state index in [1.165, 1.54) is 0 Å². The lowest BCUT2D eigenvalue weighted by molar-refractivity contribution is -0.146. The Balaban J connectivity index is 1.68. The van der Waals surface area contributed by atoms with Crippen LogP contribution >= 0.6 is 11.6 Å². The summed E-state index contributed by atoms with van der Waals surface area (Å²) in [6, 6.07) is 7.15. The number of carboxylic acid groups (broad SMARTS) is 1. The number of carbonyl (C=O) groups is 2. The van der Waals surface area contributed by atoms with E-state index < -0.39 is 30.0 Å². The van der Waals surface area contributed by atoms with Crippen LogP contribution in [0.25, 0.3) is 0 Å². The van der Waals surface area contributed by atoms with Crippen molar-refractivity contribution >= 4 is 23.5 Å². The molecule has 110 valence electrons. The number of nitrogens with one attached hydrogen (secondary N) is 1. The summed E-state index contributed by atoms with van der Waals surface area (Å²) in [4.78, 5) is 23.6. The van der Waals surface area contributed by atoms with Crippen molar-refractivity contribution in [3.8, 4) is 0 Å². The van der Waals surface area contributed by atoms with Gasteiger partial charge in [0.25, 0.3) is 0 Å². The van der Waals surface area contributed by atoms with Gasteiger partial charge in [-0.15, -0.1) is 0 Å². The third-order valence-corrected chi connectivity index (χ3v) is 4.08. The minimum absolute atomic E-state index is 0.306. The Hall–Kier alpha value is -1.85. The van der Waals surface area contributed by atoms with Crippen LogP contribution in [0.15, 0.2) is 36.4 Å². The van der Waals surface area contributed by atoms with Crippen molar-refractivity contribution in [3.63, 3.8) is 0 Å². The van der Waals surface area contributed by atoms with Gasteiger partial charge in [-0.3, -0.25) is 9.59 Å². The average molecular weight is 308 g/mol. The molecule has 2 bridgehead atoms. The molecule has 2 heterocycles. The van der Waals surface area contributed by atoms with Crippen molar-refractivity contribution in [3.05, 3.63) is 47.0 Å². The number of rotatable bonds is 4. The Morgan fingerprint density at radius 2 is 1.95 bits per heavy atom. The fourth-order valence-corrected chi connectivity index (χ4v) is 3.08. The summed E-state index contributed by atoms with van der Waals surface area (Å²) in [5.41, 5.74) is 0.863. The SMILES string of the molecule is O=C(NCc1cccc(Cl)c1)[C@@H]1[C@H](C(=O)O)[C@@H]2C=C[C@H]1O2. The highest BCUT2D eigenvalue weighted by Crippen LogP contribution is 2.39. The summed E-state index contributed by atoms with van der Waals surface area (Å²) in [6.45, 7) is 0.309. The summed E-state index contributed by atoms with van der Waals surface area (Å²) in [5, 5.41) is 12.6. The molecule has 0 radical (unpaired) electrons. The Morgan fingerprint density at radius 1 is 1.24 bits per heavy atom. The van der Waals surface area contributed by atoms with Crippen molar-refractivity contribution in [1.82, 2.24) is 5.32 Å². The van der Waals surface area contributed by atoms with Crippen LogP contribution in [0.3, 0.4) is 0 Å². The molecule has 5 nitrogen and oxygen atoms in total. The maximum Gasteiger partial charge on any atom is 0.310 e. The predicted molar refractivity (Wildman–Crippen MR) is 75.7 cm³/mol. The summed E-state index contributed by atoms with van der Waals surface area (Å²) >= 11 is 5.88. The molecular formula is C15H14ClNO4. The van der Waals surface area contributed by atoms with Gasteiger partial charge >= 0.3 is 5.97 Å². The monoisotopic (exact) mass is 307 g/mol. The molecule has 0 aliphatic carbocycles. The fraction of sp³-hybridized carbons (Fsp3) is 0.333. The maximum atomic E-state index is 12.3. The van der Waals surface area contributed by atoms with Crippen molar-refractivity contribution in [2.45, 2.75) is 18.8 Å². The minimum Gasteiger partial charge on any atom is -0.481 e. The molecule has 2 aliphatic heterocycles. The summed E-state index contributed by atoms with van der Waals surface area (Å²) in [6.07, 6.45) is 2.52. The number of amides is 1. The molecular weight excluding hydrogens is 294 g/mol. The quantitative estimate of drug-likeness (QED) is 0.829. The molecule has 1 aromatic rings. The molecule has 1 amide bonds. The van der Waals surface area contributed by atoms with Crippen LogP contribution in [-0.4, -0.2) is 29.2 Å². The van der Waals surface area contributed by atoms with Crippen LogP contribution in [0.1, 0.15) is 5.56 Å². The first kappa shape index (κ1) is 14.1. The minimum atomic E-state index is -1.00. The zero-order valence-electron chi connectivity index (χ0n) is 11.0. The van der Waals surface area contributed by atoms with Crippen LogP contribution < -0.4 is 5.32 Å². The number of carbonyl (C=O) groups excluding carboxylic acids is 1. The Bertz CT molecular complexity index is 615. The number of benzene rings is 1. The van der Waals surface area contributed by atoms with Crippen molar-refractivity contribution in [2.24, 2.45) is 11.8 Å². The first-order valence-electron chi connectivity index (χ1n) is 6.65. The number of hydrogen-bond acceptors (Lipinski definition) is 3. The fourth-order valence-electron chi connectivity index (χ4n) is 2.87. The smallest absolute Gasteiger partial charge is 0.310 e. The van der Waals surface area contributed by atoms with E-state index in [1.54, 1.807) is 30.4 Å². The van der Waals surface area contributed by atoms with Gasteiger partial charge in [-0.2, -0.15) is 0 Å². The average Bonchev–Trinajstić information content (AvgIpc) is 3.05. The van der Waals surface area contributed by atoms with Crippen LogP contribution in [0.4, 0.5) is 0 Å². The number of hydrogen-bond donors (Lipinski definition) is 2. The second-order valence-corrected chi connectivity index (χ2v) is 5.62. The van der Waals surface area contributed by atoms with Gasteiger partial charge in [0.2, 0.25) is 5.91 Å². The number of fused-ring (bicyclic) bond motifs is 2. The van der Waals surface area contributed by atoms with Crippen LogP contribution in [0, 0.1) is 11.8 Å². The molecule has 0 saturated carbocycles. The summed E-state index contributed by atoms with van der Waals surface area (Å²) < 4.78 is 5.48. The summed E-state index contributed by atoms with van der Waals surface area (Å²) in [7, 11) is 0. The van der Waals surface area contributed by atoms with Crippen LogP contribution in [0.2, 0.25) is 5.02 Å². The third-order valence-electron chi connectivity index (χ3n) is 3.84. The number of halogens is 1. The Morgan fingerprint density at radius 3 is 2.62 bits per heavy atom. The normalized spacial score (nSPS) is 29.6. The highest BCUT2D eigenvalue weighted by Gasteiger charge is 2.53. The van der Waals surface area contributed by atoms with E-state index in [0.717, 1.165) is 5.56 Å². The highest BCUT2D eigenvalue weighted by atomic mass is 35.5. The topological polar surface area (TPSA) is 75.6 Å². The first-order valence-corrected chi connectivity index (χ1v) is 7.03. The third kappa shape index (κ3) is 2.66. The molecule has 0 aromatic heterocycles. The van der Waals surface area contributed by atoms with Gasteiger partial charge in [0.05, 0.1) is 18.1 Å². The van der Waals surface area contributed by atoms with Gasteiger partial charge in [0.1, 0.15) is 5.92 Å². The molecule has 1 saturated heterocycles. The molecule has 3 rings (SSSR count). The van der Waals surface area contributed by atoms with E-state index in [1.807, 2.05) is 6.07 Å². The van der Waals surface area contributed by atoms with Gasteiger partial charge in [-0.25, -0.2) is 0 Å². The standard InChI is InChI=1S/C15H14ClNO4/c16-9-3-1-2-8(6-9)7-17-14(18)12-10-4-5-11(21-10)13(12)15(19)20/h1-6,10-13H,7H2,(H,17,18)(H,19,20)/t10-,11+,12+,13-/m1/s1. The predicted octanol–water partition coefficient (Wildman–Crippen LogP) is 1.61. The molecule has 6 heteroatoms. The zero-order chi connectivity index (χ0) is 15.0. The van der Waals surface area contributed by atoms with E-state index >= 15 is 0 Å².